The van der Waals surface area contributed by atoms with Gasteiger partial charge in [-0.15, -0.1) is 0 Å². The molecule has 0 aliphatic heterocycles. The van der Waals surface area contributed by atoms with E-state index in [1.54, 1.807) is 18.2 Å². The average Bonchev–Trinajstić information content (AvgIpc) is 1.94. The number of thiocarbonyl (C=S) groups is 1. The molecule has 0 bridgehead atoms. The predicted octanol–water partition coefficient (Wildman–Crippen LogP) is 1.19. The lowest BCUT2D eigenvalue weighted by Crippen LogP contribution is -2.12. The molecule has 0 aromatic rings. The van der Waals surface area contributed by atoms with Gasteiger partial charge in [-0.25, -0.2) is 4.79 Å². The third-order valence-corrected chi connectivity index (χ3v) is 1.53. The molecule has 0 saturated heterocycles. The fraction of sp³-hybridized carbons (Fsp3) is 0.143. The van der Waals surface area contributed by atoms with Crippen LogP contribution in [0.5, 0.6) is 0 Å². The zero-order valence-corrected chi connectivity index (χ0v) is 5.97. The summed E-state index contributed by atoms with van der Waals surface area (Å²) in [5, 5.41) is 0. The van der Waals surface area contributed by atoms with Crippen LogP contribution in [-0.2, 0) is 4.79 Å². The van der Waals surface area contributed by atoms with E-state index in [1.165, 1.54) is 6.08 Å². The Morgan fingerprint density at radius 2 is 2.40 bits per heavy atom. The van der Waals surface area contributed by atoms with E-state index in [1.807, 2.05) is 6.08 Å². The van der Waals surface area contributed by atoms with E-state index in [0.29, 0.717) is 4.86 Å². The van der Waals surface area contributed by atoms with Crippen molar-refractivity contribution in [2.75, 3.05) is 0 Å². The molecule has 10 heavy (non-hydrogen) atoms. The van der Waals surface area contributed by atoms with Crippen LogP contribution in [0.3, 0.4) is 0 Å². The SMILES string of the molecule is O=C=NC1C=CC=CC1=S. The third-order valence-electron chi connectivity index (χ3n) is 1.15. The molecule has 0 heterocycles. The minimum absolute atomic E-state index is 0.266. The van der Waals surface area contributed by atoms with Crippen molar-refractivity contribution in [3.63, 3.8) is 0 Å². The summed E-state index contributed by atoms with van der Waals surface area (Å²) in [6.07, 6.45) is 8.60. The number of hydrogen-bond donors (Lipinski definition) is 0. The predicted molar refractivity (Wildman–Crippen MR) is 42.8 cm³/mol. The van der Waals surface area contributed by atoms with Crippen molar-refractivity contribution in [1.29, 1.82) is 0 Å². The monoisotopic (exact) mass is 151 g/mol. The van der Waals surface area contributed by atoms with Crippen molar-refractivity contribution >= 4 is 23.2 Å². The lowest BCUT2D eigenvalue weighted by atomic mass is 10.1. The first-order chi connectivity index (χ1) is 4.84. The summed E-state index contributed by atoms with van der Waals surface area (Å²) in [5.41, 5.74) is 0. The number of carbonyl (C=O) groups excluding carboxylic acids is 1. The molecule has 0 fully saturated rings. The summed E-state index contributed by atoms with van der Waals surface area (Å²) in [6, 6.07) is -0.266. The molecule has 0 N–H and O–H groups in total. The number of hydrogen-bond acceptors (Lipinski definition) is 3. The Hall–Kier alpha value is -1.05. The molecule has 1 rings (SSSR count). The number of allylic oxidation sites excluding steroid dienone is 2. The second kappa shape index (κ2) is 3.20. The summed E-state index contributed by atoms with van der Waals surface area (Å²) in [5.74, 6) is 0. The molecule has 1 unspecified atom stereocenters. The van der Waals surface area contributed by atoms with Gasteiger partial charge in [0.05, 0.1) is 0 Å². The van der Waals surface area contributed by atoms with Crippen LogP contribution in [0, 0.1) is 0 Å². The van der Waals surface area contributed by atoms with E-state index in [-0.39, 0.29) is 6.04 Å². The van der Waals surface area contributed by atoms with Gasteiger partial charge < -0.3 is 0 Å². The van der Waals surface area contributed by atoms with E-state index in [4.69, 9.17) is 12.2 Å². The molecule has 0 saturated carbocycles. The number of nitrogens with zero attached hydrogens (tertiary/aromatic N) is 1. The van der Waals surface area contributed by atoms with Gasteiger partial charge in [0.15, 0.2) is 0 Å². The fourth-order valence-corrected chi connectivity index (χ4v) is 0.886. The summed E-state index contributed by atoms with van der Waals surface area (Å²) in [6.45, 7) is 0. The highest BCUT2D eigenvalue weighted by atomic mass is 32.1. The van der Waals surface area contributed by atoms with Crippen LogP contribution in [-0.4, -0.2) is 17.0 Å². The Bertz CT molecular complexity index is 248. The lowest BCUT2D eigenvalue weighted by molar-refractivity contribution is 0.563. The normalized spacial score (nSPS) is 22.4. The summed E-state index contributed by atoms with van der Waals surface area (Å²) in [4.78, 5) is 13.9. The molecule has 0 radical (unpaired) electrons. The van der Waals surface area contributed by atoms with Gasteiger partial charge in [0.25, 0.3) is 0 Å². The molecule has 50 valence electrons. The molecular weight excluding hydrogens is 146 g/mol. The van der Waals surface area contributed by atoms with Crippen molar-refractivity contribution in [2.45, 2.75) is 6.04 Å². The maximum absolute atomic E-state index is 9.81. The van der Waals surface area contributed by atoms with E-state index in [2.05, 4.69) is 4.99 Å². The first-order valence-corrected chi connectivity index (χ1v) is 3.21. The van der Waals surface area contributed by atoms with E-state index in [0.717, 1.165) is 0 Å². The second-order valence-corrected chi connectivity index (χ2v) is 2.28. The van der Waals surface area contributed by atoms with Crippen LogP contribution in [0.2, 0.25) is 0 Å². The van der Waals surface area contributed by atoms with Crippen molar-refractivity contribution in [1.82, 2.24) is 0 Å². The van der Waals surface area contributed by atoms with Gasteiger partial charge in [0.2, 0.25) is 6.08 Å². The molecule has 2 nitrogen and oxygen atoms in total. The largest absolute Gasteiger partial charge is 0.235 e. The van der Waals surface area contributed by atoms with Crippen LogP contribution in [0.25, 0.3) is 0 Å². The van der Waals surface area contributed by atoms with Gasteiger partial charge in [0.1, 0.15) is 6.04 Å². The van der Waals surface area contributed by atoms with Crippen LogP contribution in [0.4, 0.5) is 0 Å². The summed E-state index contributed by atoms with van der Waals surface area (Å²) >= 11 is 4.88. The smallest absolute Gasteiger partial charge is 0.211 e. The van der Waals surface area contributed by atoms with Crippen LogP contribution >= 0.6 is 12.2 Å². The van der Waals surface area contributed by atoms with Crippen molar-refractivity contribution in [3.8, 4) is 0 Å². The number of aliphatic imine (C=N–C) groups is 1. The Morgan fingerprint density at radius 3 is 3.00 bits per heavy atom. The molecule has 0 aromatic carbocycles. The highest BCUT2D eigenvalue weighted by molar-refractivity contribution is 7.80. The molecular formula is C7H5NOS. The Labute approximate surface area is 64.0 Å². The topological polar surface area (TPSA) is 29.4 Å². The maximum Gasteiger partial charge on any atom is 0.235 e. The first-order valence-electron chi connectivity index (χ1n) is 2.80. The highest BCUT2D eigenvalue weighted by Crippen LogP contribution is 2.04. The van der Waals surface area contributed by atoms with Crippen LogP contribution in [0.1, 0.15) is 0 Å². The second-order valence-electron chi connectivity index (χ2n) is 1.81. The van der Waals surface area contributed by atoms with Crippen molar-refractivity contribution in [3.05, 3.63) is 24.3 Å². The Kier molecular flexibility index (Phi) is 2.26. The lowest BCUT2D eigenvalue weighted by Gasteiger charge is -2.04. The van der Waals surface area contributed by atoms with E-state index >= 15 is 0 Å². The summed E-state index contributed by atoms with van der Waals surface area (Å²) in [7, 11) is 0. The molecule has 0 aromatic heterocycles. The molecule has 1 aliphatic carbocycles. The van der Waals surface area contributed by atoms with Gasteiger partial charge in [-0.3, -0.25) is 0 Å². The van der Waals surface area contributed by atoms with Crippen LogP contribution in [0.15, 0.2) is 29.3 Å². The van der Waals surface area contributed by atoms with Gasteiger partial charge in [-0.1, -0.05) is 30.4 Å². The molecule has 0 spiro atoms. The van der Waals surface area contributed by atoms with E-state index < -0.39 is 0 Å². The zero-order chi connectivity index (χ0) is 7.40. The highest BCUT2D eigenvalue weighted by Gasteiger charge is 2.07. The standard InChI is InChI=1S/C7H5NOS/c9-5-8-6-3-1-2-4-7(6)10/h1-4,6H. The maximum atomic E-state index is 9.81. The third kappa shape index (κ3) is 1.47. The van der Waals surface area contributed by atoms with Gasteiger partial charge in [0, 0.05) is 4.86 Å². The van der Waals surface area contributed by atoms with Gasteiger partial charge >= 0.3 is 0 Å². The van der Waals surface area contributed by atoms with E-state index in [9.17, 15) is 4.79 Å². The molecule has 3 heteroatoms. The Morgan fingerprint density at radius 1 is 1.60 bits per heavy atom. The number of isocyanates is 1. The number of rotatable bonds is 1. The average molecular weight is 151 g/mol. The van der Waals surface area contributed by atoms with Crippen molar-refractivity contribution in [2.24, 2.45) is 4.99 Å². The zero-order valence-electron chi connectivity index (χ0n) is 5.15. The Balaban J connectivity index is 2.79. The first kappa shape index (κ1) is 7.06. The van der Waals surface area contributed by atoms with Gasteiger partial charge in [-0.2, -0.15) is 4.99 Å². The van der Waals surface area contributed by atoms with Crippen molar-refractivity contribution < 1.29 is 4.79 Å². The molecule has 1 aliphatic rings. The van der Waals surface area contributed by atoms with Gasteiger partial charge in [-0.05, 0) is 6.08 Å². The summed E-state index contributed by atoms with van der Waals surface area (Å²) < 4.78 is 0. The fourth-order valence-electron chi connectivity index (χ4n) is 0.677. The minimum Gasteiger partial charge on any atom is -0.211 e. The molecule has 1 atom stereocenters. The molecule has 0 amide bonds. The van der Waals surface area contributed by atoms with Crippen LogP contribution < -0.4 is 0 Å². The quantitative estimate of drug-likeness (QED) is 0.320. The minimum atomic E-state index is -0.266.